The molecule has 0 amide bonds. The first-order valence-electron chi connectivity index (χ1n) is 5.59. The van der Waals surface area contributed by atoms with Crippen molar-refractivity contribution in [2.75, 3.05) is 18.0 Å². The van der Waals surface area contributed by atoms with E-state index >= 15 is 0 Å². The maximum Gasteiger partial charge on any atom is 0.150 e. The number of aldehydes is 1. The maximum absolute atomic E-state index is 10.6. The van der Waals surface area contributed by atoms with E-state index in [-0.39, 0.29) is 0 Å². The van der Waals surface area contributed by atoms with Gasteiger partial charge in [0.1, 0.15) is 12.4 Å². The quantitative estimate of drug-likeness (QED) is 0.710. The van der Waals surface area contributed by atoms with Crippen LogP contribution in [-0.4, -0.2) is 19.4 Å². The highest BCUT2D eigenvalue weighted by Gasteiger charge is 2.14. The Bertz CT molecular complexity index is 428. The van der Waals surface area contributed by atoms with Crippen molar-refractivity contribution in [1.82, 2.24) is 0 Å². The predicted molar refractivity (Wildman–Crippen MR) is 62.6 cm³/mol. The molecule has 0 aliphatic carbocycles. The Balaban J connectivity index is 2.32. The SMILES string of the molecule is N#Cc1cc(C=O)ccc1N1CCCCC1. The number of nitrogens with zero attached hydrogens (tertiary/aromatic N) is 2. The van der Waals surface area contributed by atoms with E-state index < -0.39 is 0 Å². The van der Waals surface area contributed by atoms with Gasteiger partial charge in [0.05, 0.1) is 11.3 Å². The van der Waals surface area contributed by atoms with E-state index in [1.807, 2.05) is 6.07 Å². The molecule has 3 heteroatoms. The molecule has 1 heterocycles. The smallest absolute Gasteiger partial charge is 0.150 e. The van der Waals surface area contributed by atoms with Gasteiger partial charge in [-0.15, -0.1) is 0 Å². The lowest BCUT2D eigenvalue weighted by Gasteiger charge is -2.29. The highest BCUT2D eigenvalue weighted by molar-refractivity contribution is 5.78. The van der Waals surface area contributed by atoms with Crippen LogP contribution in [0.3, 0.4) is 0 Å². The fourth-order valence-electron chi connectivity index (χ4n) is 2.13. The number of carbonyl (C=O) groups is 1. The first-order chi connectivity index (χ1) is 7.85. The average Bonchev–Trinajstić information content (AvgIpc) is 2.39. The van der Waals surface area contributed by atoms with Crippen LogP contribution in [0.2, 0.25) is 0 Å². The highest BCUT2D eigenvalue weighted by Crippen LogP contribution is 2.24. The molecular formula is C13H14N2O. The summed E-state index contributed by atoms with van der Waals surface area (Å²) in [7, 11) is 0. The van der Waals surface area contributed by atoms with E-state index in [1.54, 1.807) is 12.1 Å². The molecule has 1 aromatic rings. The van der Waals surface area contributed by atoms with E-state index in [0.717, 1.165) is 25.1 Å². The minimum Gasteiger partial charge on any atom is -0.370 e. The van der Waals surface area contributed by atoms with Crippen LogP contribution < -0.4 is 4.90 Å². The molecule has 16 heavy (non-hydrogen) atoms. The maximum atomic E-state index is 10.6. The van der Waals surface area contributed by atoms with Gasteiger partial charge in [-0.05, 0) is 37.5 Å². The Morgan fingerprint density at radius 2 is 2.00 bits per heavy atom. The van der Waals surface area contributed by atoms with Crippen molar-refractivity contribution in [1.29, 1.82) is 5.26 Å². The summed E-state index contributed by atoms with van der Waals surface area (Å²) in [5.74, 6) is 0. The Morgan fingerprint density at radius 3 is 2.62 bits per heavy atom. The van der Waals surface area contributed by atoms with Gasteiger partial charge in [-0.25, -0.2) is 0 Å². The number of benzene rings is 1. The van der Waals surface area contributed by atoms with Gasteiger partial charge >= 0.3 is 0 Å². The standard InChI is InChI=1S/C13H14N2O/c14-9-12-8-11(10-16)4-5-13(12)15-6-2-1-3-7-15/h4-5,8,10H,1-3,6-7H2. The van der Waals surface area contributed by atoms with Crippen molar-refractivity contribution < 1.29 is 4.79 Å². The van der Waals surface area contributed by atoms with Crippen LogP contribution in [0.4, 0.5) is 5.69 Å². The number of hydrogen-bond donors (Lipinski definition) is 0. The van der Waals surface area contributed by atoms with Crippen molar-refractivity contribution in [3.8, 4) is 6.07 Å². The summed E-state index contributed by atoms with van der Waals surface area (Å²) in [5, 5.41) is 9.08. The van der Waals surface area contributed by atoms with Crippen LogP contribution in [0.25, 0.3) is 0 Å². The molecule has 82 valence electrons. The van der Waals surface area contributed by atoms with E-state index in [0.29, 0.717) is 11.1 Å². The summed E-state index contributed by atoms with van der Waals surface area (Å²) < 4.78 is 0. The van der Waals surface area contributed by atoms with E-state index in [1.165, 1.54) is 19.3 Å². The van der Waals surface area contributed by atoms with Crippen molar-refractivity contribution in [3.05, 3.63) is 29.3 Å². The monoisotopic (exact) mass is 214 g/mol. The summed E-state index contributed by atoms with van der Waals surface area (Å²) in [6.45, 7) is 2.02. The zero-order valence-corrected chi connectivity index (χ0v) is 9.15. The Labute approximate surface area is 95.3 Å². The molecule has 0 spiro atoms. The third-order valence-electron chi connectivity index (χ3n) is 2.97. The Hall–Kier alpha value is -1.82. The third kappa shape index (κ3) is 2.06. The second-order valence-corrected chi connectivity index (χ2v) is 4.05. The van der Waals surface area contributed by atoms with Gasteiger partial charge in [-0.1, -0.05) is 0 Å². The number of rotatable bonds is 2. The number of anilines is 1. The Morgan fingerprint density at radius 1 is 1.25 bits per heavy atom. The van der Waals surface area contributed by atoms with Crippen molar-refractivity contribution in [3.63, 3.8) is 0 Å². The highest BCUT2D eigenvalue weighted by atomic mass is 16.1. The molecule has 3 nitrogen and oxygen atoms in total. The molecule has 0 bridgehead atoms. The van der Waals surface area contributed by atoms with Gasteiger partial charge in [0.2, 0.25) is 0 Å². The fourth-order valence-corrected chi connectivity index (χ4v) is 2.13. The topological polar surface area (TPSA) is 44.1 Å². The lowest BCUT2D eigenvalue weighted by atomic mass is 10.1. The van der Waals surface area contributed by atoms with Crippen LogP contribution in [0.1, 0.15) is 35.2 Å². The normalized spacial score (nSPS) is 15.6. The van der Waals surface area contributed by atoms with Gasteiger partial charge in [-0.3, -0.25) is 4.79 Å². The molecule has 0 aromatic heterocycles. The minimum atomic E-state index is 0.567. The van der Waals surface area contributed by atoms with Gasteiger partial charge in [0.25, 0.3) is 0 Å². The van der Waals surface area contributed by atoms with E-state index in [4.69, 9.17) is 5.26 Å². The molecule has 0 N–H and O–H groups in total. The number of hydrogen-bond acceptors (Lipinski definition) is 3. The Kier molecular flexibility index (Phi) is 3.21. The number of nitriles is 1. The largest absolute Gasteiger partial charge is 0.370 e. The molecule has 1 aliphatic rings. The van der Waals surface area contributed by atoms with Gasteiger partial charge in [0.15, 0.2) is 0 Å². The zero-order valence-electron chi connectivity index (χ0n) is 9.15. The molecule has 2 rings (SSSR count). The molecule has 1 aliphatic heterocycles. The summed E-state index contributed by atoms with van der Waals surface area (Å²) in [4.78, 5) is 12.9. The fraction of sp³-hybridized carbons (Fsp3) is 0.385. The van der Waals surface area contributed by atoms with Crippen LogP contribution in [0.15, 0.2) is 18.2 Å². The summed E-state index contributed by atoms with van der Waals surface area (Å²) in [5.41, 5.74) is 2.14. The summed E-state index contributed by atoms with van der Waals surface area (Å²) in [6, 6.07) is 7.49. The van der Waals surface area contributed by atoms with Crippen molar-refractivity contribution in [2.45, 2.75) is 19.3 Å². The average molecular weight is 214 g/mol. The molecule has 1 fully saturated rings. The van der Waals surface area contributed by atoms with Gasteiger partial charge in [-0.2, -0.15) is 5.26 Å². The molecule has 0 radical (unpaired) electrons. The first-order valence-corrected chi connectivity index (χ1v) is 5.59. The van der Waals surface area contributed by atoms with Crippen molar-refractivity contribution in [2.24, 2.45) is 0 Å². The van der Waals surface area contributed by atoms with Crippen LogP contribution >= 0.6 is 0 Å². The van der Waals surface area contributed by atoms with Crippen LogP contribution in [0.5, 0.6) is 0 Å². The van der Waals surface area contributed by atoms with E-state index in [9.17, 15) is 4.79 Å². The summed E-state index contributed by atoms with van der Waals surface area (Å²) >= 11 is 0. The molecule has 1 aromatic carbocycles. The molecular weight excluding hydrogens is 200 g/mol. The number of carbonyl (C=O) groups excluding carboxylic acids is 1. The van der Waals surface area contributed by atoms with Gasteiger partial charge < -0.3 is 4.90 Å². The minimum absolute atomic E-state index is 0.567. The lowest BCUT2D eigenvalue weighted by molar-refractivity contribution is 0.112. The lowest BCUT2D eigenvalue weighted by Crippen LogP contribution is -2.30. The second kappa shape index (κ2) is 4.80. The summed E-state index contributed by atoms with van der Waals surface area (Å²) in [6.07, 6.45) is 4.41. The second-order valence-electron chi connectivity index (χ2n) is 4.05. The van der Waals surface area contributed by atoms with Crippen LogP contribution in [-0.2, 0) is 0 Å². The van der Waals surface area contributed by atoms with E-state index in [2.05, 4.69) is 11.0 Å². The molecule has 0 unspecified atom stereocenters. The first kappa shape index (κ1) is 10.7. The molecule has 0 saturated carbocycles. The predicted octanol–water partition coefficient (Wildman–Crippen LogP) is 2.36. The van der Waals surface area contributed by atoms with Crippen molar-refractivity contribution >= 4 is 12.0 Å². The third-order valence-corrected chi connectivity index (χ3v) is 2.97. The number of piperidine rings is 1. The molecule has 0 atom stereocenters. The van der Waals surface area contributed by atoms with Crippen LogP contribution in [0, 0.1) is 11.3 Å². The zero-order chi connectivity index (χ0) is 11.4. The van der Waals surface area contributed by atoms with Gasteiger partial charge in [0, 0.05) is 18.7 Å². The molecule has 1 saturated heterocycles.